The molecule has 0 aliphatic carbocycles. The number of primary amides is 1. The van der Waals surface area contributed by atoms with Gasteiger partial charge in [0.1, 0.15) is 17.6 Å². The summed E-state index contributed by atoms with van der Waals surface area (Å²) >= 11 is 0. The maximum absolute atomic E-state index is 13.5. The van der Waals surface area contributed by atoms with E-state index in [2.05, 4.69) is 17.6 Å². The molecule has 51 heavy (non-hydrogen) atoms. The Kier molecular flexibility index (Phi) is 27.0. The third-order valence-electron chi connectivity index (χ3n) is 9.92. The predicted molar refractivity (Wildman–Crippen MR) is 201 cm³/mol. The predicted octanol–water partition coefficient (Wildman–Crippen LogP) is 6.24. The van der Waals surface area contributed by atoms with Gasteiger partial charge in [-0.25, -0.2) is 0 Å². The molecule has 0 aromatic rings. The molecule has 0 aromatic heterocycles. The lowest BCUT2D eigenvalue weighted by Gasteiger charge is -2.28. The smallest absolute Gasteiger partial charge is 0.224 e. The van der Waals surface area contributed by atoms with Crippen LogP contribution >= 0.6 is 0 Å². The largest absolute Gasteiger partial charge is 0.391 e. The Balaban J connectivity index is 5.16. The lowest BCUT2D eigenvalue weighted by molar-refractivity contribution is -0.137. The summed E-state index contributed by atoms with van der Waals surface area (Å²) in [5, 5.41) is 15.8. The number of Topliss-reactive ketones (excluding diaryl/α,β-unsaturated/α-hetero) is 4. The molecule has 0 fully saturated rings. The third-order valence-corrected chi connectivity index (χ3v) is 9.92. The standard InChI is InChI=1S/C40H71N3O8/c1-7-9-10-11-12-13-14-15-16-17-18-19-20-21-33(46)26-32(23-25-37(41)49)39(50)43-38(31(6)45)36(48)27-34(28(3)8-2)40(51)42-30(5)35(47)24-22-29(4)44/h28,30-32,34,38,45H,7-27H2,1-6H3,(H2,41,49)(H,42,51)(H,43,50)/t28-,30-,31+,32+,34-,38-/m0/s1. The molecule has 0 radical (unpaired) electrons. The molecule has 0 saturated carbocycles. The molecule has 11 nitrogen and oxygen atoms in total. The maximum atomic E-state index is 13.5. The molecular formula is C40H71N3O8. The molecular weight excluding hydrogens is 650 g/mol. The molecule has 11 heteroatoms. The van der Waals surface area contributed by atoms with Gasteiger partial charge in [0.15, 0.2) is 11.6 Å². The lowest BCUT2D eigenvalue weighted by Crippen LogP contribution is -2.51. The van der Waals surface area contributed by atoms with Crippen LogP contribution in [0.3, 0.4) is 0 Å². The zero-order valence-corrected chi connectivity index (χ0v) is 32.7. The summed E-state index contributed by atoms with van der Waals surface area (Å²) in [6.07, 6.45) is 14.6. The number of aliphatic hydroxyl groups excluding tert-OH is 1. The lowest BCUT2D eigenvalue weighted by atomic mass is 9.84. The molecule has 0 spiro atoms. The molecule has 0 aromatic carbocycles. The van der Waals surface area contributed by atoms with E-state index in [0.29, 0.717) is 12.8 Å². The van der Waals surface area contributed by atoms with Crippen LogP contribution in [0.5, 0.6) is 0 Å². The minimum Gasteiger partial charge on any atom is -0.391 e. The monoisotopic (exact) mass is 722 g/mol. The van der Waals surface area contributed by atoms with E-state index in [1.807, 2.05) is 6.92 Å². The van der Waals surface area contributed by atoms with E-state index < -0.39 is 53.5 Å². The van der Waals surface area contributed by atoms with Gasteiger partial charge in [-0.1, -0.05) is 104 Å². The highest BCUT2D eigenvalue weighted by molar-refractivity contribution is 5.96. The van der Waals surface area contributed by atoms with Crippen molar-refractivity contribution in [1.82, 2.24) is 10.6 Å². The van der Waals surface area contributed by atoms with Crippen LogP contribution < -0.4 is 16.4 Å². The Morgan fingerprint density at radius 2 is 1.16 bits per heavy atom. The van der Waals surface area contributed by atoms with Gasteiger partial charge in [-0.15, -0.1) is 0 Å². The molecule has 0 unspecified atom stereocenters. The van der Waals surface area contributed by atoms with E-state index >= 15 is 0 Å². The van der Waals surface area contributed by atoms with E-state index in [1.165, 1.54) is 78.6 Å². The first-order chi connectivity index (χ1) is 24.1. The molecule has 294 valence electrons. The first-order valence-corrected chi connectivity index (χ1v) is 19.8. The minimum absolute atomic E-state index is 0.00132. The molecule has 0 rings (SSSR count). The van der Waals surface area contributed by atoms with Gasteiger partial charge < -0.3 is 26.3 Å². The van der Waals surface area contributed by atoms with Crippen LogP contribution in [-0.4, -0.2) is 64.1 Å². The Hall–Kier alpha value is -2.95. The molecule has 0 heterocycles. The van der Waals surface area contributed by atoms with Crippen LogP contribution in [0.15, 0.2) is 0 Å². The molecule has 0 aliphatic rings. The zero-order valence-electron chi connectivity index (χ0n) is 32.7. The Morgan fingerprint density at radius 1 is 0.627 bits per heavy atom. The van der Waals surface area contributed by atoms with E-state index in [0.717, 1.165) is 25.7 Å². The molecule has 3 amide bonds. The van der Waals surface area contributed by atoms with Crippen LogP contribution in [-0.2, 0) is 33.6 Å². The fourth-order valence-corrected chi connectivity index (χ4v) is 6.20. The summed E-state index contributed by atoms with van der Waals surface area (Å²) in [6.45, 7) is 10.2. The summed E-state index contributed by atoms with van der Waals surface area (Å²) < 4.78 is 0. The zero-order chi connectivity index (χ0) is 38.8. The number of hydrogen-bond acceptors (Lipinski definition) is 8. The van der Waals surface area contributed by atoms with Gasteiger partial charge in [-0.2, -0.15) is 0 Å². The van der Waals surface area contributed by atoms with Gasteiger partial charge in [-0.05, 0) is 39.5 Å². The quantitative estimate of drug-likeness (QED) is 0.0573. The summed E-state index contributed by atoms with van der Waals surface area (Å²) in [4.78, 5) is 88.3. The van der Waals surface area contributed by atoms with Crippen molar-refractivity contribution in [2.24, 2.45) is 23.5 Å². The van der Waals surface area contributed by atoms with Crippen molar-refractivity contribution in [2.75, 3.05) is 0 Å². The number of ketones is 4. The number of carbonyl (C=O) groups excluding carboxylic acids is 7. The Morgan fingerprint density at radius 3 is 1.63 bits per heavy atom. The summed E-state index contributed by atoms with van der Waals surface area (Å²) in [6, 6.07) is -2.20. The Labute approximate surface area is 307 Å². The molecule has 0 bridgehead atoms. The van der Waals surface area contributed by atoms with Crippen LogP contribution in [0, 0.1) is 17.8 Å². The van der Waals surface area contributed by atoms with Crippen molar-refractivity contribution in [2.45, 2.75) is 195 Å². The maximum Gasteiger partial charge on any atom is 0.224 e. The highest BCUT2D eigenvalue weighted by Gasteiger charge is 2.35. The topological polar surface area (TPSA) is 190 Å². The van der Waals surface area contributed by atoms with E-state index in [-0.39, 0.29) is 61.8 Å². The van der Waals surface area contributed by atoms with Gasteiger partial charge >= 0.3 is 0 Å². The second kappa shape index (κ2) is 28.6. The second-order valence-electron chi connectivity index (χ2n) is 14.7. The fraction of sp³-hybridized carbons (Fsp3) is 0.825. The number of amides is 3. The van der Waals surface area contributed by atoms with Crippen molar-refractivity contribution in [3.63, 3.8) is 0 Å². The van der Waals surface area contributed by atoms with Crippen molar-refractivity contribution >= 4 is 40.9 Å². The van der Waals surface area contributed by atoms with Crippen molar-refractivity contribution in [3.05, 3.63) is 0 Å². The van der Waals surface area contributed by atoms with Crippen molar-refractivity contribution < 1.29 is 38.7 Å². The van der Waals surface area contributed by atoms with Crippen molar-refractivity contribution in [3.8, 4) is 0 Å². The third kappa shape index (κ3) is 23.3. The molecule has 0 saturated heterocycles. The highest BCUT2D eigenvalue weighted by Crippen LogP contribution is 2.23. The summed E-state index contributed by atoms with van der Waals surface area (Å²) in [7, 11) is 0. The van der Waals surface area contributed by atoms with Crippen LogP contribution in [0.25, 0.3) is 0 Å². The Bertz CT molecular complexity index is 1080. The second-order valence-corrected chi connectivity index (χ2v) is 14.7. The van der Waals surface area contributed by atoms with E-state index in [1.54, 1.807) is 6.92 Å². The first-order valence-electron chi connectivity index (χ1n) is 19.8. The van der Waals surface area contributed by atoms with E-state index in [4.69, 9.17) is 5.73 Å². The summed E-state index contributed by atoms with van der Waals surface area (Å²) in [5.41, 5.74) is 5.34. The fourth-order valence-electron chi connectivity index (χ4n) is 6.20. The van der Waals surface area contributed by atoms with Gasteiger partial charge in [0.2, 0.25) is 17.7 Å². The number of carbonyl (C=O) groups is 7. The average Bonchev–Trinajstić information content (AvgIpc) is 3.07. The average molecular weight is 722 g/mol. The number of rotatable bonds is 33. The van der Waals surface area contributed by atoms with Gasteiger partial charge in [0, 0.05) is 50.4 Å². The molecule has 0 aliphatic heterocycles. The number of nitrogens with two attached hydrogens (primary N) is 1. The van der Waals surface area contributed by atoms with Crippen molar-refractivity contribution in [1.29, 1.82) is 0 Å². The van der Waals surface area contributed by atoms with Crippen LogP contribution in [0.4, 0.5) is 0 Å². The van der Waals surface area contributed by atoms with Gasteiger partial charge in [-0.3, -0.25) is 28.8 Å². The molecule has 5 N–H and O–H groups in total. The number of nitrogens with one attached hydrogen (secondary N) is 2. The van der Waals surface area contributed by atoms with Crippen LogP contribution in [0.1, 0.15) is 176 Å². The number of aliphatic hydroxyl groups is 1. The van der Waals surface area contributed by atoms with E-state index in [9.17, 15) is 38.7 Å². The van der Waals surface area contributed by atoms with Crippen LogP contribution in [0.2, 0.25) is 0 Å². The molecule has 6 atom stereocenters. The van der Waals surface area contributed by atoms with Gasteiger partial charge in [0.05, 0.1) is 12.1 Å². The summed E-state index contributed by atoms with van der Waals surface area (Å²) in [5.74, 6) is -4.86. The highest BCUT2D eigenvalue weighted by atomic mass is 16.3. The first kappa shape index (κ1) is 48.0. The number of hydrogen-bond donors (Lipinski definition) is 4. The minimum atomic E-state index is -1.35. The normalized spacial score (nSPS) is 14.8. The SMILES string of the molecule is CCCCCCCCCCCCCCCC(=O)C[C@@H](CCC(N)=O)C(=O)N[C@H](C(=O)C[C@H](C(=O)N[C@@H](C)C(=O)CCC(C)=O)[C@@H](C)CC)[C@@H](C)O. The number of unbranched alkanes of at least 4 members (excludes halogenated alkanes) is 12. The van der Waals surface area contributed by atoms with Gasteiger partial charge in [0.25, 0.3) is 0 Å².